The van der Waals surface area contributed by atoms with Gasteiger partial charge in [-0.05, 0) is 62.7 Å². The molecule has 0 aliphatic carbocycles. The number of ketones is 1. The molecular weight excluding hydrogens is 486 g/mol. The van der Waals surface area contributed by atoms with Gasteiger partial charge in [-0.2, -0.15) is 4.98 Å². The Bertz CT molecular complexity index is 1460. The van der Waals surface area contributed by atoms with Crippen molar-refractivity contribution in [3.05, 3.63) is 88.1 Å². The summed E-state index contributed by atoms with van der Waals surface area (Å²) in [5.41, 5.74) is 5.99. The summed E-state index contributed by atoms with van der Waals surface area (Å²) in [5.74, 6) is -0.404. The number of benzene rings is 2. The summed E-state index contributed by atoms with van der Waals surface area (Å²) in [6.07, 6.45) is 0. The second kappa shape index (κ2) is 11.2. The molecule has 0 amide bonds. The van der Waals surface area contributed by atoms with E-state index in [-0.39, 0.29) is 5.78 Å². The molecule has 1 atom stereocenters. The number of hydrogen-bond acceptors (Lipinski definition) is 6. The molecule has 0 fully saturated rings. The van der Waals surface area contributed by atoms with Crippen molar-refractivity contribution in [2.75, 3.05) is 14.2 Å². The van der Waals surface area contributed by atoms with Gasteiger partial charge < -0.3 is 19.7 Å². The van der Waals surface area contributed by atoms with Crippen LogP contribution in [0, 0.1) is 13.8 Å². The first kappa shape index (κ1) is 26.4. The first-order chi connectivity index (χ1) is 17.7. The van der Waals surface area contributed by atoms with Gasteiger partial charge in [-0.3, -0.25) is 9.59 Å². The molecule has 0 aliphatic rings. The second-order valence-electron chi connectivity index (χ2n) is 9.01. The van der Waals surface area contributed by atoms with Crippen molar-refractivity contribution in [2.24, 2.45) is 0 Å². The van der Waals surface area contributed by atoms with E-state index >= 15 is 0 Å². The lowest BCUT2D eigenvalue weighted by molar-refractivity contribution is -0.136. The molecule has 0 spiro atoms. The van der Waals surface area contributed by atoms with Crippen LogP contribution in [0.1, 0.15) is 45.2 Å². The van der Waals surface area contributed by atoms with Crippen molar-refractivity contribution < 1.29 is 19.4 Å². The molecule has 0 aliphatic heterocycles. The van der Waals surface area contributed by atoms with E-state index in [1.165, 1.54) is 11.8 Å². The topological polar surface area (TPSA) is 93.5 Å². The van der Waals surface area contributed by atoms with Crippen LogP contribution in [0.3, 0.4) is 0 Å². The highest BCUT2D eigenvalue weighted by Crippen LogP contribution is 2.31. The molecule has 37 heavy (non-hydrogen) atoms. The van der Waals surface area contributed by atoms with Crippen molar-refractivity contribution in [2.45, 2.75) is 44.0 Å². The number of fused-ring (bicyclic) bond motifs is 1. The van der Waals surface area contributed by atoms with Gasteiger partial charge in [-0.15, -0.1) is 11.8 Å². The minimum atomic E-state index is -0.838. The standard InChI is InChI=1S/C29H31N3O4S/c1-17-14-23(37-19(3)29(34)35)11-10-22(17)16-32-18(2)26(24-12-13-25(36-5)31-28(24)32)27(33)21-8-6-20(7-9-21)15-30-4/h6-14,19,30H,15-16H2,1-5H3,(H,34,35). The number of aliphatic carboxylic acids is 1. The van der Waals surface area contributed by atoms with Gasteiger partial charge in [0.05, 0.1) is 12.7 Å². The van der Waals surface area contributed by atoms with E-state index in [9.17, 15) is 14.7 Å². The zero-order valence-electron chi connectivity index (χ0n) is 21.7. The van der Waals surface area contributed by atoms with Gasteiger partial charge in [-0.25, -0.2) is 0 Å². The van der Waals surface area contributed by atoms with Gasteiger partial charge >= 0.3 is 5.97 Å². The quantitative estimate of drug-likeness (QED) is 0.220. The number of aromatic nitrogens is 2. The first-order valence-electron chi connectivity index (χ1n) is 12.0. The summed E-state index contributed by atoms with van der Waals surface area (Å²) in [5, 5.41) is 12.6. The van der Waals surface area contributed by atoms with Gasteiger partial charge in [0, 0.05) is 40.7 Å². The number of hydrogen-bond donors (Lipinski definition) is 2. The molecule has 2 N–H and O–H groups in total. The number of nitrogens with zero attached hydrogens (tertiary/aromatic N) is 2. The molecule has 8 heteroatoms. The molecule has 0 saturated heterocycles. The molecule has 2 heterocycles. The van der Waals surface area contributed by atoms with E-state index in [1.807, 2.05) is 69.4 Å². The molecule has 7 nitrogen and oxygen atoms in total. The maximum atomic E-state index is 13.7. The van der Waals surface area contributed by atoms with Crippen LogP contribution in [0.5, 0.6) is 5.88 Å². The number of carboxylic acids is 1. The highest BCUT2D eigenvalue weighted by molar-refractivity contribution is 8.00. The van der Waals surface area contributed by atoms with Crippen LogP contribution >= 0.6 is 11.8 Å². The summed E-state index contributed by atoms with van der Waals surface area (Å²) < 4.78 is 7.44. The smallest absolute Gasteiger partial charge is 0.316 e. The minimum absolute atomic E-state index is 0.0460. The Morgan fingerprint density at radius 2 is 1.84 bits per heavy atom. The monoisotopic (exact) mass is 517 g/mol. The number of thioether (sulfide) groups is 1. The van der Waals surface area contributed by atoms with E-state index in [0.29, 0.717) is 29.2 Å². The number of pyridine rings is 1. The number of rotatable bonds is 10. The molecule has 0 saturated carbocycles. The fourth-order valence-electron chi connectivity index (χ4n) is 4.38. The maximum absolute atomic E-state index is 13.7. The third kappa shape index (κ3) is 5.55. The summed E-state index contributed by atoms with van der Waals surface area (Å²) in [7, 11) is 3.47. The van der Waals surface area contributed by atoms with Gasteiger partial charge in [0.25, 0.3) is 0 Å². The van der Waals surface area contributed by atoms with Crippen LogP contribution in [0.25, 0.3) is 11.0 Å². The third-order valence-electron chi connectivity index (χ3n) is 6.48. The summed E-state index contributed by atoms with van der Waals surface area (Å²) in [6, 6.07) is 17.3. The van der Waals surface area contributed by atoms with Crippen LogP contribution in [0.4, 0.5) is 0 Å². The van der Waals surface area contributed by atoms with E-state index in [2.05, 4.69) is 9.88 Å². The molecule has 0 radical (unpaired) electrons. The molecule has 0 bridgehead atoms. The SMILES string of the molecule is CNCc1ccc(C(=O)c2c(C)n(Cc3ccc(SC(C)C(=O)O)cc3C)c3nc(OC)ccc23)cc1. The fourth-order valence-corrected chi connectivity index (χ4v) is 5.28. The molecule has 4 rings (SSSR count). The molecule has 2 aromatic carbocycles. The van der Waals surface area contributed by atoms with Crippen LogP contribution in [-0.4, -0.2) is 45.8 Å². The summed E-state index contributed by atoms with van der Waals surface area (Å²) in [4.78, 5) is 30.6. The predicted molar refractivity (Wildman–Crippen MR) is 147 cm³/mol. The van der Waals surface area contributed by atoms with Crippen LogP contribution in [0.15, 0.2) is 59.5 Å². The van der Waals surface area contributed by atoms with Crippen molar-refractivity contribution >= 4 is 34.5 Å². The van der Waals surface area contributed by atoms with Crippen LogP contribution in [0.2, 0.25) is 0 Å². The number of carbonyl (C=O) groups excluding carboxylic acids is 1. The van der Waals surface area contributed by atoms with Gasteiger partial charge in [-0.1, -0.05) is 30.3 Å². The molecule has 192 valence electrons. The Kier molecular flexibility index (Phi) is 8.00. The maximum Gasteiger partial charge on any atom is 0.316 e. The van der Waals surface area contributed by atoms with E-state index in [4.69, 9.17) is 9.72 Å². The van der Waals surface area contributed by atoms with Crippen molar-refractivity contribution in [3.63, 3.8) is 0 Å². The highest BCUT2D eigenvalue weighted by atomic mass is 32.2. The normalized spacial score (nSPS) is 12.0. The van der Waals surface area contributed by atoms with Gasteiger partial charge in [0.1, 0.15) is 10.9 Å². The van der Waals surface area contributed by atoms with E-state index in [0.717, 1.165) is 39.2 Å². The third-order valence-corrected chi connectivity index (χ3v) is 7.56. The Balaban J connectivity index is 1.75. The van der Waals surface area contributed by atoms with Gasteiger partial charge in [0.15, 0.2) is 5.78 Å². The number of carboxylic acid groups (broad SMARTS) is 1. The Hall–Kier alpha value is -3.62. The number of aryl methyl sites for hydroxylation is 1. The van der Waals surface area contributed by atoms with Gasteiger partial charge in [0.2, 0.25) is 5.88 Å². The molecular formula is C29H31N3O4S. The van der Waals surface area contributed by atoms with Crippen LogP contribution in [-0.2, 0) is 17.9 Å². The number of ether oxygens (including phenoxy) is 1. The molecule has 4 aromatic rings. The van der Waals surface area contributed by atoms with E-state index < -0.39 is 11.2 Å². The predicted octanol–water partition coefficient (Wildman–Crippen LogP) is 5.23. The first-order valence-corrected chi connectivity index (χ1v) is 12.9. The Morgan fingerprint density at radius 3 is 2.46 bits per heavy atom. The summed E-state index contributed by atoms with van der Waals surface area (Å²) >= 11 is 1.32. The van der Waals surface area contributed by atoms with E-state index in [1.54, 1.807) is 20.1 Å². The summed E-state index contributed by atoms with van der Waals surface area (Å²) in [6.45, 7) is 6.89. The Labute approximate surface area is 220 Å². The zero-order chi connectivity index (χ0) is 26.7. The lowest BCUT2D eigenvalue weighted by Crippen LogP contribution is -2.11. The molecule has 1 unspecified atom stereocenters. The second-order valence-corrected chi connectivity index (χ2v) is 10.4. The van der Waals surface area contributed by atoms with Crippen LogP contribution < -0.4 is 10.1 Å². The highest BCUT2D eigenvalue weighted by Gasteiger charge is 2.23. The van der Waals surface area contributed by atoms with Crippen molar-refractivity contribution in [3.8, 4) is 5.88 Å². The lowest BCUT2D eigenvalue weighted by atomic mass is 10.00. The Morgan fingerprint density at radius 1 is 1.11 bits per heavy atom. The molecule has 2 aromatic heterocycles. The number of carbonyl (C=O) groups is 2. The zero-order valence-corrected chi connectivity index (χ0v) is 22.5. The van der Waals surface area contributed by atoms with Crippen molar-refractivity contribution in [1.82, 2.24) is 14.9 Å². The fraction of sp³-hybridized carbons (Fsp3) is 0.276. The average molecular weight is 518 g/mol. The lowest BCUT2D eigenvalue weighted by Gasteiger charge is -2.13. The average Bonchev–Trinajstić information content (AvgIpc) is 3.15. The van der Waals surface area contributed by atoms with Crippen molar-refractivity contribution in [1.29, 1.82) is 0 Å². The minimum Gasteiger partial charge on any atom is -0.481 e. The number of methoxy groups -OCH3 is 1. The largest absolute Gasteiger partial charge is 0.481 e. The number of nitrogens with one attached hydrogen (secondary N) is 1.